The van der Waals surface area contributed by atoms with Gasteiger partial charge in [-0.1, -0.05) is 38.1 Å². The number of nitrogens with zero attached hydrogens (tertiary/aromatic N) is 2. The smallest absolute Gasteiger partial charge is 0.872 e. The molecule has 1 aromatic heterocycles. The maximum atomic E-state index is 11.1. The van der Waals surface area contributed by atoms with Crippen LogP contribution in [-0.4, -0.2) is 9.97 Å². The van der Waals surface area contributed by atoms with Gasteiger partial charge in [-0.05, 0) is 44.5 Å². The molecule has 2 rings (SSSR count). The van der Waals surface area contributed by atoms with Crippen LogP contribution in [-0.2, 0) is 6.54 Å². The van der Waals surface area contributed by atoms with Crippen molar-refractivity contribution in [3.8, 4) is 0 Å². The third-order valence-corrected chi connectivity index (χ3v) is 2.92. The summed E-state index contributed by atoms with van der Waals surface area (Å²) in [6.07, 6.45) is 3.43. The zero-order chi connectivity index (χ0) is 20.1. The van der Waals surface area contributed by atoms with Crippen LogP contribution in [0.15, 0.2) is 55.8 Å². The fourth-order valence-electron chi connectivity index (χ4n) is 1.75. The van der Waals surface area contributed by atoms with E-state index >= 15 is 0 Å². The number of anilines is 1. The van der Waals surface area contributed by atoms with Crippen LogP contribution in [0.5, 0.6) is 0 Å². The minimum atomic E-state index is -0.184. The molecule has 1 heterocycles. The SMILES string of the molecule is C=C(C)C.C=Cc1nc(CNc2ccc(C(=C)[O-])cc2)cnc1C.CC.[Cs+]. The number of aryl methyl sites for hydroxylation is 1. The Morgan fingerprint density at radius 3 is 2.11 bits per heavy atom. The first-order valence-electron chi connectivity index (χ1n) is 8.60. The van der Waals surface area contributed by atoms with Crippen molar-refractivity contribution in [3.05, 3.63) is 78.4 Å². The van der Waals surface area contributed by atoms with Crippen molar-refractivity contribution >= 4 is 17.5 Å². The Morgan fingerprint density at radius 1 is 1.15 bits per heavy atom. The second-order valence-corrected chi connectivity index (χ2v) is 5.60. The maximum absolute atomic E-state index is 11.1. The summed E-state index contributed by atoms with van der Waals surface area (Å²) in [7, 11) is 0. The number of hydrogen-bond acceptors (Lipinski definition) is 4. The Hall–Kier alpha value is -0.828. The molecular formula is C22H30CsN3O. The van der Waals surface area contributed by atoms with E-state index in [1.807, 2.05) is 46.8 Å². The predicted octanol–water partition coefficient (Wildman–Crippen LogP) is 1.98. The molecule has 140 valence electrons. The van der Waals surface area contributed by atoms with Crippen LogP contribution >= 0.6 is 0 Å². The van der Waals surface area contributed by atoms with Gasteiger partial charge in [0.2, 0.25) is 0 Å². The van der Waals surface area contributed by atoms with Gasteiger partial charge in [0, 0.05) is 5.69 Å². The summed E-state index contributed by atoms with van der Waals surface area (Å²) in [5.41, 5.74) is 5.17. The van der Waals surface area contributed by atoms with Crippen LogP contribution in [0.4, 0.5) is 5.69 Å². The molecule has 1 N–H and O–H groups in total. The predicted molar refractivity (Wildman–Crippen MR) is 111 cm³/mol. The van der Waals surface area contributed by atoms with Crippen LogP contribution in [0.25, 0.3) is 11.8 Å². The quantitative estimate of drug-likeness (QED) is 0.520. The van der Waals surface area contributed by atoms with Crippen molar-refractivity contribution in [3.63, 3.8) is 0 Å². The Labute approximate surface area is 223 Å². The van der Waals surface area contributed by atoms with Gasteiger partial charge in [-0.2, -0.15) is 0 Å². The fraction of sp³-hybridized carbons (Fsp3) is 0.273. The van der Waals surface area contributed by atoms with Crippen LogP contribution < -0.4 is 79.3 Å². The van der Waals surface area contributed by atoms with Gasteiger partial charge in [0.1, 0.15) is 0 Å². The van der Waals surface area contributed by atoms with Gasteiger partial charge >= 0.3 is 68.9 Å². The van der Waals surface area contributed by atoms with Gasteiger partial charge in [0.05, 0.1) is 29.8 Å². The molecule has 0 bridgehead atoms. The van der Waals surface area contributed by atoms with Crippen molar-refractivity contribution in [2.45, 2.75) is 41.2 Å². The van der Waals surface area contributed by atoms with E-state index in [-0.39, 0.29) is 74.7 Å². The Morgan fingerprint density at radius 2 is 1.67 bits per heavy atom. The normalized spacial score (nSPS) is 8.63. The maximum Gasteiger partial charge on any atom is 1.00 e. The number of allylic oxidation sites excluding steroid dienone is 1. The summed E-state index contributed by atoms with van der Waals surface area (Å²) in [6.45, 7) is 21.0. The topological polar surface area (TPSA) is 60.9 Å². The molecule has 0 fully saturated rings. The van der Waals surface area contributed by atoms with Crippen molar-refractivity contribution in [1.82, 2.24) is 9.97 Å². The van der Waals surface area contributed by atoms with E-state index < -0.39 is 0 Å². The summed E-state index contributed by atoms with van der Waals surface area (Å²) in [5, 5.41) is 14.3. The first-order chi connectivity index (χ1) is 12.3. The molecule has 2 aromatic rings. The van der Waals surface area contributed by atoms with Gasteiger partial charge in [-0.3, -0.25) is 4.98 Å². The van der Waals surface area contributed by atoms with Gasteiger partial charge in [0.15, 0.2) is 0 Å². The molecule has 0 saturated carbocycles. The van der Waals surface area contributed by atoms with Crippen molar-refractivity contribution in [2.24, 2.45) is 0 Å². The molecule has 0 atom stereocenters. The van der Waals surface area contributed by atoms with Crippen LogP contribution in [0.2, 0.25) is 0 Å². The molecule has 4 nitrogen and oxygen atoms in total. The Bertz CT molecular complexity index is 721. The zero-order valence-electron chi connectivity index (χ0n) is 17.6. The van der Waals surface area contributed by atoms with E-state index in [4.69, 9.17) is 0 Å². The fourth-order valence-corrected chi connectivity index (χ4v) is 1.75. The summed E-state index contributed by atoms with van der Waals surface area (Å²) in [5.74, 6) is -0.184. The summed E-state index contributed by atoms with van der Waals surface area (Å²) in [4.78, 5) is 8.72. The molecule has 1 aromatic carbocycles. The molecule has 0 saturated heterocycles. The molecule has 0 spiro atoms. The van der Waals surface area contributed by atoms with Gasteiger partial charge in [-0.15, -0.1) is 18.9 Å². The van der Waals surface area contributed by atoms with E-state index in [9.17, 15) is 5.11 Å². The monoisotopic (exact) mass is 485 g/mol. The third kappa shape index (κ3) is 12.3. The second-order valence-electron chi connectivity index (χ2n) is 5.60. The standard InChI is InChI=1S/C16H17N3O.C4H8.C2H6.Cs/c1-4-16-11(2)17-9-15(19-16)10-18-14-7-5-13(6-8-14)12(3)20;1-4(2)3;1-2;/h4-9,18,20H,1,3,10H2,2H3;1H2,2-3H3;1-2H3;/q;;;+1/p-1. The number of benzene rings is 1. The Balaban J connectivity index is 0. The molecule has 5 heteroatoms. The number of aromatic nitrogens is 2. The summed E-state index contributed by atoms with van der Waals surface area (Å²) < 4.78 is 0. The molecule has 0 radical (unpaired) electrons. The van der Waals surface area contributed by atoms with E-state index in [2.05, 4.69) is 35.0 Å². The molecule has 0 amide bonds. The zero-order valence-corrected chi connectivity index (χ0v) is 23.9. The molecule has 0 aliphatic heterocycles. The van der Waals surface area contributed by atoms with Crippen molar-refractivity contribution < 1.29 is 74.0 Å². The Kier molecular flexibility index (Phi) is 17.0. The number of nitrogens with one attached hydrogen (secondary N) is 1. The van der Waals surface area contributed by atoms with Crippen LogP contribution in [0, 0.1) is 6.92 Å². The van der Waals surface area contributed by atoms with Crippen LogP contribution in [0.1, 0.15) is 50.3 Å². The average Bonchev–Trinajstić information content (AvgIpc) is 2.62. The van der Waals surface area contributed by atoms with Gasteiger partial charge in [-0.25, -0.2) is 4.98 Å². The number of rotatable bonds is 5. The van der Waals surface area contributed by atoms with Gasteiger partial charge in [0.25, 0.3) is 0 Å². The van der Waals surface area contributed by atoms with Crippen molar-refractivity contribution in [2.75, 3.05) is 5.32 Å². The van der Waals surface area contributed by atoms with Gasteiger partial charge < -0.3 is 10.4 Å². The van der Waals surface area contributed by atoms with E-state index in [0.717, 1.165) is 22.8 Å². The molecule has 0 aliphatic rings. The second kappa shape index (κ2) is 16.2. The van der Waals surface area contributed by atoms with Crippen LogP contribution in [0.3, 0.4) is 0 Å². The largest absolute Gasteiger partial charge is 1.00 e. The first kappa shape index (κ1) is 28.4. The molecule has 27 heavy (non-hydrogen) atoms. The first-order valence-corrected chi connectivity index (χ1v) is 8.60. The summed E-state index contributed by atoms with van der Waals surface area (Å²) in [6, 6.07) is 7.17. The van der Waals surface area contributed by atoms with E-state index in [0.29, 0.717) is 12.1 Å². The average molecular weight is 485 g/mol. The number of hydrogen-bond donors (Lipinski definition) is 1. The minimum absolute atomic E-state index is 0. The molecule has 0 unspecified atom stereocenters. The van der Waals surface area contributed by atoms with E-state index in [1.165, 1.54) is 5.57 Å². The summed E-state index contributed by atoms with van der Waals surface area (Å²) >= 11 is 0. The molecular weight excluding hydrogens is 455 g/mol. The third-order valence-electron chi connectivity index (χ3n) is 2.92. The van der Waals surface area contributed by atoms with Crippen molar-refractivity contribution in [1.29, 1.82) is 0 Å². The molecule has 0 aliphatic carbocycles. The van der Waals surface area contributed by atoms with E-state index in [1.54, 1.807) is 24.4 Å². The minimum Gasteiger partial charge on any atom is -0.872 e.